The molecular weight excluding hydrogens is 156 g/mol. The Balaban J connectivity index is 2.86. The summed E-state index contributed by atoms with van der Waals surface area (Å²) in [5.74, 6) is 2.40. The Morgan fingerprint density at radius 3 is 3.00 bits per heavy atom. The zero-order valence-corrected chi connectivity index (χ0v) is 7.07. The highest BCUT2D eigenvalue weighted by Crippen LogP contribution is 2.16. The highest BCUT2D eigenvalue weighted by atomic mass is 32.1. The van der Waals surface area contributed by atoms with Crippen molar-refractivity contribution < 1.29 is 4.79 Å². The molecule has 0 N–H and O–H groups in total. The SMILES string of the molecule is C#CCC(=O)c1sccc1C. The highest BCUT2D eigenvalue weighted by Gasteiger charge is 2.07. The van der Waals surface area contributed by atoms with E-state index in [-0.39, 0.29) is 12.2 Å². The number of Topliss-reactive ketones (excluding diaryl/α,β-unsaturated/α-hetero) is 1. The van der Waals surface area contributed by atoms with E-state index >= 15 is 0 Å². The predicted molar refractivity (Wildman–Crippen MR) is 46.8 cm³/mol. The summed E-state index contributed by atoms with van der Waals surface area (Å²) in [5, 5.41) is 1.90. The maximum atomic E-state index is 11.2. The third-order valence-corrected chi connectivity index (χ3v) is 2.44. The van der Waals surface area contributed by atoms with Crippen LogP contribution in [0.5, 0.6) is 0 Å². The van der Waals surface area contributed by atoms with Gasteiger partial charge in [0.1, 0.15) is 0 Å². The molecule has 0 fully saturated rings. The first-order valence-corrected chi connectivity index (χ1v) is 4.14. The van der Waals surface area contributed by atoms with Gasteiger partial charge < -0.3 is 0 Å². The van der Waals surface area contributed by atoms with Crippen LogP contribution in [0.25, 0.3) is 0 Å². The summed E-state index contributed by atoms with van der Waals surface area (Å²) in [5.41, 5.74) is 1.02. The summed E-state index contributed by atoms with van der Waals surface area (Å²) in [4.78, 5) is 12.0. The van der Waals surface area contributed by atoms with Crippen LogP contribution >= 0.6 is 11.3 Å². The van der Waals surface area contributed by atoms with Gasteiger partial charge in [-0.2, -0.15) is 0 Å². The smallest absolute Gasteiger partial charge is 0.184 e. The molecular formula is C9H8OS. The molecule has 1 aromatic rings. The second kappa shape index (κ2) is 3.36. The molecule has 11 heavy (non-hydrogen) atoms. The van der Waals surface area contributed by atoms with Gasteiger partial charge in [-0.3, -0.25) is 4.79 Å². The number of thiophene rings is 1. The van der Waals surface area contributed by atoms with Crippen LogP contribution in [-0.2, 0) is 0 Å². The average Bonchev–Trinajstić information content (AvgIpc) is 2.36. The summed E-state index contributed by atoms with van der Waals surface area (Å²) in [6.45, 7) is 1.92. The lowest BCUT2D eigenvalue weighted by Crippen LogP contribution is -1.95. The summed E-state index contributed by atoms with van der Waals surface area (Å²) in [7, 11) is 0. The Kier molecular flexibility index (Phi) is 2.45. The summed E-state index contributed by atoms with van der Waals surface area (Å²) in [6.07, 6.45) is 5.23. The molecule has 2 heteroatoms. The molecule has 0 aliphatic heterocycles. The van der Waals surface area contributed by atoms with Gasteiger partial charge in [-0.05, 0) is 23.9 Å². The summed E-state index contributed by atoms with van der Waals surface area (Å²) in [6, 6.07) is 1.93. The van der Waals surface area contributed by atoms with Gasteiger partial charge >= 0.3 is 0 Å². The van der Waals surface area contributed by atoms with Crippen LogP contribution < -0.4 is 0 Å². The third kappa shape index (κ3) is 1.69. The fourth-order valence-electron chi connectivity index (χ4n) is 0.831. The summed E-state index contributed by atoms with van der Waals surface area (Å²) >= 11 is 1.45. The fraction of sp³-hybridized carbons (Fsp3) is 0.222. The van der Waals surface area contributed by atoms with E-state index in [0.717, 1.165) is 10.4 Å². The molecule has 0 amide bonds. The predicted octanol–water partition coefficient (Wildman–Crippen LogP) is 2.26. The largest absolute Gasteiger partial charge is 0.292 e. The molecule has 1 nitrogen and oxygen atoms in total. The Hall–Kier alpha value is -1.07. The first kappa shape index (κ1) is 8.03. The van der Waals surface area contributed by atoms with Gasteiger partial charge in [0, 0.05) is 0 Å². The van der Waals surface area contributed by atoms with Crippen LogP contribution in [0.1, 0.15) is 21.7 Å². The van der Waals surface area contributed by atoms with Crippen molar-refractivity contribution >= 4 is 17.1 Å². The van der Waals surface area contributed by atoms with E-state index in [0.29, 0.717) is 0 Å². The molecule has 0 saturated heterocycles. The van der Waals surface area contributed by atoms with Crippen molar-refractivity contribution in [1.82, 2.24) is 0 Å². The highest BCUT2D eigenvalue weighted by molar-refractivity contribution is 7.12. The van der Waals surface area contributed by atoms with Gasteiger partial charge in [0.15, 0.2) is 5.78 Å². The van der Waals surface area contributed by atoms with E-state index in [2.05, 4.69) is 5.92 Å². The minimum atomic E-state index is 0.0556. The van der Waals surface area contributed by atoms with Crippen molar-refractivity contribution in [2.24, 2.45) is 0 Å². The Morgan fingerprint density at radius 2 is 2.55 bits per heavy atom. The molecule has 0 radical (unpaired) electrons. The van der Waals surface area contributed by atoms with E-state index in [9.17, 15) is 4.79 Å². The number of ketones is 1. The van der Waals surface area contributed by atoms with E-state index in [1.807, 2.05) is 18.4 Å². The number of terminal acetylenes is 1. The number of hydrogen-bond acceptors (Lipinski definition) is 2. The van der Waals surface area contributed by atoms with Crippen molar-refractivity contribution in [3.8, 4) is 12.3 Å². The standard InChI is InChI=1S/C9H8OS/c1-3-4-8(10)9-7(2)5-6-11-9/h1,5-6H,4H2,2H3. The second-order valence-electron chi connectivity index (χ2n) is 2.24. The molecule has 1 aromatic heterocycles. The Morgan fingerprint density at radius 1 is 1.82 bits per heavy atom. The molecule has 0 spiro atoms. The zero-order valence-electron chi connectivity index (χ0n) is 6.26. The maximum absolute atomic E-state index is 11.2. The van der Waals surface area contributed by atoms with E-state index in [1.165, 1.54) is 11.3 Å². The number of carbonyl (C=O) groups is 1. The fourth-order valence-corrected chi connectivity index (χ4v) is 1.70. The molecule has 56 valence electrons. The minimum Gasteiger partial charge on any atom is -0.292 e. The molecule has 1 heterocycles. The van der Waals surface area contributed by atoms with Crippen LogP contribution in [0.15, 0.2) is 11.4 Å². The normalized spacial score (nSPS) is 9.09. The molecule has 0 aliphatic carbocycles. The lowest BCUT2D eigenvalue weighted by atomic mass is 10.2. The van der Waals surface area contributed by atoms with E-state index in [1.54, 1.807) is 0 Å². The number of hydrogen-bond donors (Lipinski definition) is 0. The molecule has 0 saturated carbocycles. The van der Waals surface area contributed by atoms with Crippen molar-refractivity contribution in [2.75, 3.05) is 0 Å². The second-order valence-corrected chi connectivity index (χ2v) is 3.15. The van der Waals surface area contributed by atoms with Gasteiger partial charge in [0.2, 0.25) is 0 Å². The summed E-state index contributed by atoms with van der Waals surface area (Å²) < 4.78 is 0. The van der Waals surface area contributed by atoms with Crippen LogP contribution in [0, 0.1) is 19.3 Å². The monoisotopic (exact) mass is 164 g/mol. The van der Waals surface area contributed by atoms with Gasteiger partial charge in [0.25, 0.3) is 0 Å². The van der Waals surface area contributed by atoms with E-state index < -0.39 is 0 Å². The lowest BCUT2D eigenvalue weighted by molar-refractivity contribution is 0.100. The van der Waals surface area contributed by atoms with Crippen molar-refractivity contribution in [2.45, 2.75) is 13.3 Å². The molecule has 0 aromatic carbocycles. The van der Waals surface area contributed by atoms with Gasteiger partial charge in [-0.15, -0.1) is 17.8 Å². The topological polar surface area (TPSA) is 17.1 Å². The maximum Gasteiger partial charge on any atom is 0.184 e. The molecule has 0 bridgehead atoms. The van der Waals surface area contributed by atoms with Crippen molar-refractivity contribution in [1.29, 1.82) is 0 Å². The van der Waals surface area contributed by atoms with Gasteiger partial charge in [-0.25, -0.2) is 0 Å². The Bertz CT molecular complexity index is 304. The first-order valence-electron chi connectivity index (χ1n) is 3.26. The van der Waals surface area contributed by atoms with Crippen LogP contribution in [0.4, 0.5) is 0 Å². The molecule has 1 rings (SSSR count). The number of rotatable bonds is 2. The molecule has 0 unspecified atom stereocenters. The Labute approximate surface area is 70.1 Å². The van der Waals surface area contributed by atoms with Crippen molar-refractivity contribution in [3.05, 3.63) is 21.9 Å². The number of carbonyl (C=O) groups excluding carboxylic acids is 1. The third-order valence-electron chi connectivity index (χ3n) is 1.38. The zero-order chi connectivity index (χ0) is 8.27. The molecule has 0 atom stereocenters. The molecule has 0 aliphatic rings. The van der Waals surface area contributed by atoms with Gasteiger partial charge in [-0.1, -0.05) is 5.92 Å². The quantitative estimate of drug-likeness (QED) is 0.484. The lowest BCUT2D eigenvalue weighted by Gasteiger charge is -1.91. The van der Waals surface area contributed by atoms with Crippen LogP contribution in [0.2, 0.25) is 0 Å². The number of aryl methyl sites for hydroxylation is 1. The van der Waals surface area contributed by atoms with Crippen molar-refractivity contribution in [3.63, 3.8) is 0 Å². The van der Waals surface area contributed by atoms with Crippen LogP contribution in [-0.4, -0.2) is 5.78 Å². The van der Waals surface area contributed by atoms with Gasteiger partial charge in [0.05, 0.1) is 11.3 Å². The van der Waals surface area contributed by atoms with E-state index in [4.69, 9.17) is 6.42 Å². The first-order chi connectivity index (χ1) is 5.25. The minimum absolute atomic E-state index is 0.0556. The average molecular weight is 164 g/mol. The van der Waals surface area contributed by atoms with Crippen LogP contribution in [0.3, 0.4) is 0 Å².